The highest BCUT2D eigenvalue weighted by Gasteiger charge is 2.10. The second-order valence-corrected chi connectivity index (χ2v) is 3.17. The van der Waals surface area contributed by atoms with E-state index in [9.17, 15) is 4.79 Å². The Labute approximate surface area is 93.2 Å². The van der Waals surface area contributed by atoms with E-state index < -0.39 is 5.97 Å². The third kappa shape index (κ3) is 3.56. The van der Waals surface area contributed by atoms with Crippen molar-refractivity contribution in [2.24, 2.45) is 0 Å². The highest BCUT2D eigenvalue weighted by molar-refractivity contribution is 5.86. The standard InChI is InChI=1S/C10H14N2O4/c1-7-5-11-8(6-16-4-3-15-2)12-9(7)10(13)14/h5H,3-4,6H2,1-2H3,(H,13,14). The van der Waals surface area contributed by atoms with Gasteiger partial charge in [-0.15, -0.1) is 0 Å². The van der Waals surface area contributed by atoms with Crippen molar-refractivity contribution in [3.05, 3.63) is 23.3 Å². The average Bonchev–Trinajstić information content (AvgIpc) is 2.26. The first kappa shape index (κ1) is 12.5. The van der Waals surface area contributed by atoms with Crippen LogP contribution in [0.25, 0.3) is 0 Å². The zero-order valence-corrected chi connectivity index (χ0v) is 9.27. The third-order valence-electron chi connectivity index (χ3n) is 1.89. The molecule has 0 aliphatic rings. The molecule has 0 bridgehead atoms. The van der Waals surface area contributed by atoms with Crippen LogP contribution in [0, 0.1) is 6.92 Å². The summed E-state index contributed by atoms with van der Waals surface area (Å²) in [6, 6.07) is 0. The summed E-state index contributed by atoms with van der Waals surface area (Å²) in [6.45, 7) is 2.75. The molecule has 1 aromatic heterocycles. The van der Waals surface area contributed by atoms with Crippen LogP contribution in [-0.4, -0.2) is 41.4 Å². The highest BCUT2D eigenvalue weighted by Crippen LogP contribution is 2.04. The molecule has 0 aromatic carbocycles. The lowest BCUT2D eigenvalue weighted by Gasteiger charge is -2.04. The number of carboxylic acid groups (broad SMARTS) is 1. The summed E-state index contributed by atoms with van der Waals surface area (Å²) in [4.78, 5) is 18.7. The number of aromatic nitrogens is 2. The Morgan fingerprint density at radius 2 is 2.25 bits per heavy atom. The summed E-state index contributed by atoms with van der Waals surface area (Å²) >= 11 is 0. The number of aromatic carboxylic acids is 1. The molecular formula is C10H14N2O4. The lowest BCUT2D eigenvalue weighted by Crippen LogP contribution is -2.10. The van der Waals surface area contributed by atoms with E-state index in [0.717, 1.165) is 0 Å². The molecule has 0 atom stereocenters. The fourth-order valence-corrected chi connectivity index (χ4v) is 1.07. The van der Waals surface area contributed by atoms with Gasteiger partial charge in [0, 0.05) is 18.9 Å². The Kier molecular flexibility index (Phi) is 4.81. The van der Waals surface area contributed by atoms with E-state index in [0.29, 0.717) is 24.6 Å². The quantitative estimate of drug-likeness (QED) is 0.717. The SMILES string of the molecule is COCCOCc1ncc(C)c(C(=O)O)n1. The number of nitrogens with zero attached hydrogens (tertiary/aromatic N) is 2. The lowest BCUT2D eigenvalue weighted by molar-refractivity contribution is 0.0579. The van der Waals surface area contributed by atoms with Crippen molar-refractivity contribution in [1.82, 2.24) is 9.97 Å². The number of ether oxygens (including phenoxy) is 2. The van der Waals surface area contributed by atoms with Gasteiger partial charge in [0.25, 0.3) is 0 Å². The molecule has 1 rings (SSSR count). The molecule has 1 aromatic rings. The zero-order chi connectivity index (χ0) is 12.0. The van der Waals surface area contributed by atoms with Gasteiger partial charge in [-0.1, -0.05) is 0 Å². The van der Waals surface area contributed by atoms with E-state index in [1.54, 1.807) is 14.0 Å². The van der Waals surface area contributed by atoms with Crippen LogP contribution in [0.15, 0.2) is 6.20 Å². The van der Waals surface area contributed by atoms with Gasteiger partial charge in [-0.2, -0.15) is 0 Å². The Bertz CT molecular complexity index is 368. The van der Waals surface area contributed by atoms with Crippen LogP contribution in [-0.2, 0) is 16.1 Å². The van der Waals surface area contributed by atoms with Crippen molar-refractivity contribution in [3.63, 3.8) is 0 Å². The molecule has 0 amide bonds. The van der Waals surface area contributed by atoms with E-state index in [1.807, 2.05) is 0 Å². The summed E-state index contributed by atoms with van der Waals surface area (Å²) in [6.07, 6.45) is 1.48. The van der Waals surface area contributed by atoms with E-state index in [1.165, 1.54) is 6.20 Å². The average molecular weight is 226 g/mol. The van der Waals surface area contributed by atoms with Crippen molar-refractivity contribution in [2.75, 3.05) is 20.3 Å². The normalized spacial score (nSPS) is 10.4. The van der Waals surface area contributed by atoms with Crippen LogP contribution < -0.4 is 0 Å². The summed E-state index contributed by atoms with van der Waals surface area (Å²) < 4.78 is 9.99. The van der Waals surface area contributed by atoms with Gasteiger partial charge in [0.2, 0.25) is 0 Å². The molecule has 0 spiro atoms. The first-order chi connectivity index (χ1) is 7.65. The van der Waals surface area contributed by atoms with Gasteiger partial charge in [-0.05, 0) is 6.92 Å². The number of carboxylic acids is 1. The summed E-state index contributed by atoms with van der Waals surface area (Å²) in [5, 5.41) is 8.85. The molecule has 6 nitrogen and oxygen atoms in total. The first-order valence-corrected chi connectivity index (χ1v) is 4.77. The largest absolute Gasteiger partial charge is 0.477 e. The molecule has 1 heterocycles. The van der Waals surface area contributed by atoms with Gasteiger partial charge in [0.1, 0.15) is 6.61 Å². The maximum absolute atomic E-state index is 10.8. The van der Waals surface area contributed by atoms with Gasteiger partial charge in [0.05, 0.1) is 13.2 Å². The minimum absolute atomic E-state index is 0.0142. The number of carbonyl (C=O) groups is 1. The van der Waals surface area contributed by atoms with Gasteiger partial charge < -0.3 is 14.6 Å². The Morgan fingerprint density at radius 3 is 2.88 bits per heavy atom. The van der Waals surface area contributed by atoms with Crippen LogP contribution >= 0.6 is 0 Å². The molecule has 88 valence electrons. The van der Waals surface area contributed by atoms with Crippen molar-refractivity contribution < 1.29 is 19.4 Å². The Hall–Kier alpha value is -1.53. The summed E-state index contributed by atoms with van der Waals surface area (Å²) in [5.74, 6) is -0.697. The molecule has 0 aliphatic carbocycles. The second kappa shape index (κ2) is 6.14. The molecule has 0 saturated carbocycles. The number of methoxy groups -OCH3 is 1. The van der Waals surface area contributed by atoms with Crippen molar-refractivity contribution in [1.29, 1.82) is 0 Å². The smallest absolute Gasteiger partial charge is 0.354 e. The number of rotatable bonds is 6. The topological polar surface area (TPSA) is 81.5 Å². The van der Waals surface area contributed by atoms with Crippen molar-refractivity contribution >= 4 is 5.97 Å². The van der Waals surface area contributed by atoms with Crippen LogP contribution in [0.4, 0.5) is 0 Å². The van der Waals surface area contributed by atoms with Gasteiger partial charge >= 0.3 is 5.97 Å². The van der Waals surface area contributed by atoms with Crippen LogP contribution in [0.5, 0.6) is 0 Å². The molecule has 1 N–H and O–H groups in total. The predicted octanol–water partition coefficient (Wildman–Crippen LogP) is 0.646. The van der Waals surface area contributed by atoms with Gasteiger partial charge in [-0.25, -0.2) is 14.8 Å². The fourth-order valence-electron chi connectivity index (χ4n) is 1.07. The van der Waals surface area contributed by atoms with E-state index in [2.05, 4.69) is 9.97 Å². The van der Waals surface area contributed by atoms with E-state index in [4.69, 9.17) is 14.6 Å². The first-order valence-electron chi connectivity index (χ1n) is 4.77. The van der Waals surface area contributed by atoms with Crippen molar-refractivity contribution in [2.45, 2.75) is 13.5 Å². The van der Waals surface area contributed by atoms with Gasteiger partial charge in [0.15, 0.2) is 11.5 Å². The van der Waals surface area contributed by atoms with Crippen LogP contribution in [0.2, 0.25) is 0 Å². The van der Waals surface area contributed by atoms with Crippen molar-refractivity contribution in [3.8, 4) is 0 Å². The molecule has 0 aliphatic heterocycles. The summed E-state index contributed by atoms with van der Waals surface area (Å²) in [5.41, 5.74) is 0.550. The van der Waals surface area contributed by atoms with Crippen LogP contribution in [0.1, 0.15) is 21.9 Å². The Balaban J connectivity index is 2.61. The molecule has 0 fully saturated rings. The molecule has 0 saturated heterocycles. The number of hydrogen-bond acceptors (Lipinski definition) is 5. The molecule has 16 heavy (non-hydrogen) atoms. The maximum Gasteiger partial charge on any atom is 0.354 e. The number of hydrogen-bond donors (Lipinski definition) is 1. The molecule has 6 heteroatoms. The third-order valence-corrected chi connectivity index (χ3v) is 1.89. The fraction of sp³-hybridized carbons (Fsp3) is 0.500. The monoisotopic (exact) mass is 226 g/mol. The predicted molar refractivity (Wildman–Crippen MR) is 55.3 cm³/mol. The van der Waals surface area contributed by atoms with E-state index in [-0.39, 0.29) is 12.3 Å². The second-order valence-electron chi connectivity index (χ2n) is 3.17. The maximum atomic E-state index is 10.8. The number of aryl methyl sites for hydroxylation is 1. The minimum atomic E-state index is -1.06. The zero-order valence-electron chi connectivity index (χ0n) is 9.27. The van der Waals surface area contributed by atoms with E-state index >= 15 is 0 Å². The van der Waals surface area contributed by atoms with Gasteiger partial charge in [-0.3, -0.25) is 0 Å². The van der Waals surface area contributed by atoms with Crippen LogP contribution in [0.3, 0.4) is 0 Å². The lowest BCUT2D eigenvalue weighted by atomic mass is 10.2. The molecule has 0 radical (unpaired) electrons. The molecular weight excluding hydrogens is 212 g/mol. The summed E-state index contributed by atoms with van der Waals surface area (Å²) in [7, 11) is 1.58. The Morgan fingerprint density at radius 1 is 1.50 bits per heavy atom. The molecule has 0 unspecified atom stereocenters. The highest BCUT2D eigenvalue weighted by atomic mass is 16.5. The minimum Gasteiger partial charge on any atom is -0.477 e.